The lowest BCUT2D eigenvalue weighted by Gasteiger charge is -2.02. The van der Waals surface area contributed by atoms with E-state index in [0.29, 0.717) is 0 Å². The lowest BCUT2D eigenvalue weighted by molar-refractivity contribution is 1.17. The quantitative estimate of drug-likeness (QED) is 0.591. The highest BCUT2D eigenvalue weighted by atomic mass is 14.9. The molecule has 0 aliphatic heterocycles. The van der Waals surface area contributed by atoms with Gasteiger partial charge in [-0.15, -0.1) is 0 Å². The van der Waals surface area contributed by atoms with Crippen LogP contribution in [0.4, 0.5) is 0 Å². The fourth-order valence-electron chi connectivity index (χ4n) is 2.06. The normalized spacial score (nSPS) is 9.43. The molecule has 2 heteroatoms. The van der Waals surface area contributed by atoms with E-state index in [1.807, 2.05) is 34.6 Å². The van der Waals surface area contributed by atoms with Gasteiger partial charge in [0.15, 0.2) is 0 Å². The van der Waals surface area contributed by atoms with Gasteiger partial charge >= 0.3 is 0 Å². The van der Waals surface area contributed by atoms with Crippen molar-refractivity contribution in [1.29, 1.82) is 0 Å². The molecular formula is C19H26N2. The van der Waals surface area contributed by atoms with Gasteiger partial charge < -0.3 is 4.98 Å². The fourth-order valence-corrected chi connectivity index (χ4v) is 2.06. The number of rotatable bonds is 1. The smallest absolute Gasteiger partial charge is 0.104 e. The van der Waals surface area contributed by atoms with Crippen LogP contribution in [0, 0.1) is 13.8 Å². The Morgan fingerprint density at radius 1 is 0.762 bits per heavy atom. The van der Waals surface area contributed by atoms with E-state index >= 15 is 0 Å². The Morgan fingerprint density at radius 2 is 1.33 bits per heavy atom. The number of nitrogens with one attached hydrogen (secondary N) is 1. The number of fused-ring (bicyclic) bond motifs is 1. The zero-order valence-corrected chi connectivity index (χ0v) is 14.0. The maximum atomic E-state index is 4.41. The first-order valence-electron chi connectivity index (χ1n) is 7.76. The lowest BCUT2D eigenvalue weighted by Crippen LogP contribution is -1.79. The SMILES string of the molecule is CC.CC.Cc1ccc(-c2ccc3nc(C)[nH]c3c2)cc1. The highest BCUT2D eigenvalue weighted by molar-refractivity contribution is 5.81. The van der Waals surface area contributed by atoms with Crippen LogP contribution in [0.5, 0.6) is 0 Å². The van der Waals surface area contributed by atoms with Crippen molar-refractivity contribution in [2.45, 2.75) is 41.5 Å². The number of hydrogen-bond acceptors (Lipinski definition) is 1. The Kier molecular flexibility index (Phi) is 6.67. The molecule has 0 radical (unpaired) electrons. The second kappa shape index (κ2) is 8.25. The van der Waals surface area contributed by atoms with Gasteiger partial charge in [-0.2, -0.15) is 0 Å². The predicted octanol–water partition coefficient (Wildman–Crippen LogP) is 5.90. The minimum Gasteiger partial charge on any atom is -0.342 e. The van der Waals surface area contributed by atoms with E-state index in [0.717, 1.165) is 16.9 Å². The van der Waals surface area contributed by atoms with Crippen LogP contribution in [0.25, 0.3) is 22.2 Å². The minimum absolute atomic E-state index is 0.959. The Morgan fingerprint density at radius 3 is 1.95 bits per heavy atom. The first-order valence-corrected chi connectivity index (χ1v) is 7.76. The number of imidazole rings is 1. The van der Waals surface area contributed by atoms with Crippen molar-refractivity contribution < 1.29 is 0 Å². The first-order chi connectivity index (χ1) is 10.2. The van der Waals surface area contributed by atoms with Crippen LogP contribution in [0.3, 0.4) is 0 Å². The summed E-state index contributed by atoms with van der Waals surface area (Å²) in [4.78, 5) is 7.68. The summed E-state index contributed by atoms with van der Waals surface area (Å²) < 4.78 is 0. The summed E-state index contributed by atoms with van der Waals surface area (Å²) >= 11 is 0. The van der Waals surface area contributed by atoms with Gasteiger partial charge in [-0.05, 0) is 37.1 Å². The summed E-state index contributed by atoms with van der Waals surface area (Å²) in [5.74, 6) is 0.959. The summed E-state index contributed by atoms with van der Waals surface area (Å²) in [5.41, 5.74) is 5.87. The van der Waals surface area contributed by atoms with Crippen LogP contribution < -0.4 is 0 Å². The molecule has 1 aromatic heterocycles. The molecule has 0 saturated carbocycles. The average Bonchev–Trinajstić information content (AvgIpc) is 2.91. The van der Waals surface area contributed by atoms with Crippen LogP contribution in [0.15, 0.2) is 42.5 Å². The molecular weight excluding hydrogens is 256 g/mol. The average molecular weight is 282 g/mol. The van der Waals surface area contributed by atoms with Crippen LogP contribution in [-0.2, 0) is 0 Å². The molecule has 1 heterocycles. The molecule has 0 fully saturated rings. The van der Waals surface area contributed by atoms with E-state index < -0.39 is 0 Å². The van der Waals surface area contributed by atoms with Gasteiger partial charge in [0, 0.05) is 0 Å². The number of nitrogens with zero attached hydrogens (tertiary/aromatic N) is 1. The first kappa shape index (κ1) is 17.0. The van der Waals surface area contributed by atoms with Gasteiger partial charge in [0.2, 0.25) is 0 Å². The molecule has 0 amide bonds. The number of aromatic nitrogens is 2. The molecule has 0 aliphatic rings. The van der Waals surface area contributed by atoms with Gasteiger partial charge in [-0.1, -0.05) is 63.6 Å². The third-order valence-electron chi connectivity index (χ3n) is 2.99. The second-order valence-corrected chi connectivity index (χ2v) is 4.42. The molecule has 1 N–H and O–H groups in total. The molecule has 0 aliphatic carbocycles. The number of aromatic amines is 1. The monoisotopic (exact) mass is 282 g/mol. The number of hydrogen-bond donors (Lipinski definition) is 1. The molecule has 3 aromatic rings. The van der Waals surface area contributed by atoms with Crippen LogP contribution >= 0.6 is 0 Å². The van der Waals surface area contributed by atoms with E-state index in [1.54, 1.807) is 0 Å². The topological polar surface area (TPSA) is 28.7 Å². The zero-order chi connectivity index (χ0) is 15.8. The summed E-state index contributed by atoms with van der Waals surface area (Å²) in [6.45, 7) is 12.1. The summed E-state index contributed by atoms with van der Waals surface area (Å²) in [6, 6.07) is 14.9. The fraction of sp³-hybridized carbons (Fsp3) is 0.316. The molecule has 2 nitrogen and oxygen atoms in total. The van der Waals surface area contributed by atoms with E-state index in [2.05, 4.69) is 59.4 Å². The molecule has 0 unspecified atom stereocenters. The summed E-state index contributed by atoms with van der Waals surface area (Å²) in [6.07, 6.45) is 0. The molecule has 0 saturated heterocycles. The molecule has 3 rings (SSSR count). The van der Waals surface area contributed by atoms with Gasteiger partial charge in [0.1, 0.15) is 5.82 Å². The number of H-pyrrole nitrogens is 1. The molecule has 21 heavy (non-hydrogen) atoms. The molecule has 112 valence electrons. The van der Waals surface area contributed by atoms with Crippen LogP contribution in [0.1, 0.15) is 39.1 Å². The highest BCUT2D eigenvalue weighted by Gasteiger charge is 2.02. The van der Waals surface area contributed by atoms with Crippen LogP contribution in [-0.4, -0.2) is 9.97 Å². The van der Waals surface area contributed by atoms with Crippen molar-refractivity contribution in [3.05, 3.63) is 53.9 Å². The summed E-state index contributed by atoms with van der Waals surface area (Å²) in [5, 5.41) is 0. The maximum absolute atomic E-state index is 4.41. The number of benzene rings is 2. The van der Waals surface area contributed by atoms with Crippen molar-refractivity contribution in [3.8, 4) is 11.1 Å². The summed E-state index contributed by atoms with van der Waals surface area (Å²) in [7, 11) is 0. The molecule has 0 bridgehead atoms. The van der Waals surface area contributed by atoms with Gasteiger partial charge in [0.25, 0.3) is 0 Å². The van der Waals surface area contributed by atoms with Gasteiger partial charge in [0.05, 0.1) is 11.0 Å². The zero-order valence-electron chi connectivity index (χ0n) is 14.0. The largest absolute Gasteiger partial charge is 0.342 e. The van der Waals surface area contributed by atoms with Crippen molar-refractivity contribution in [2.75, 3.05) is 0 Å². The highest BCUT2D eigenvalue weighted by Crippen LogP contribution is 2.23. The predicted molar refractivity (Wildman–Crippen MR) is 93.7 cm³/mol. The van der Waals surface area contributed by atoms with Gasteiger partial charge in [-0.25, -0.2) is 4.98 Å². The van der Waals surface area contributed by atoms with E-state index in [1.165, 1.54) is 16.7 Å². The van der Waals surface area contributed by atoms with Crippen molar-refractivity contribution in [3.63, 3.8) is 0 Å². The van der Waals surface area contributed by atoms with Crippen molar-refractivity contribution >= 4 is 11.0 Å². The lowest BCUT2D eigenvalue weighted by atomic mass is 10.0. The Bertz CT molecular complexity index is 664. The number of aryl methyl sites for hydroxylation is 2. The molecule has 0 atom stereocenters. The van der Waals surface area contributed by atoms with E-state index in [-0.39, 0.29) is 0 Å². The standard InChI is InChI=1S/C15H14N2.2C2H6/c1-10-3-5-12(6-4-10)13-7-8-14-15(9-13)17-11(2)16-14;2*1-2/h3-9H,1-2H3,(H,16,17);2*1-2H3. The van der Waals surface area contributed by atoms with Crippen molar-refractivity contribution in [1.82, 2.24) is 9.97 Å². The Hall–Kier alpha value is -2.09. The maximum Gasteiger partial charge on any atom is 0.104 e. The Labute approximate surface area is 128 Å². The molecule has 2 aromatic carbocycles. The Balaban J connectivity index is 0.000000510. The third kappa shape index (κ3) is 4.19. The van der Waals surface area contributed by atoms with E-state index in [9.17, 15) is 0 Å². The van der Waals surface area contributed by atoms with E-state index in [4.69, 9.17) is 0 Å². The molecule has 0 spiro atoms. The van der Waals surface area contributed by atoms with Gasteiger partial charge in [-0.3, -0.25) is 0 Å². The van der Waals surface area contributed by atoms with Crippen molar-refractivity contribution in [2.24, 2.45) is 0 Å². The van der Waals surface area contributed by atoms with Crippen LogP contribution in [0.2, 0.25) is 0 Å². The third-order valence-corrected chi connectivity index (χ3v) is 2.99. The minimum atomic E-state index is 0.959. The second-order valence-electron chi connectivity index (χ2n) is 4.42.